The van der Waals surface area contributed by atoms with Gasteiger partial charge in [0.2, 0.25) is 5.91 Å². The molecule has 1 aromatic rings. The van der Waals surface area contributed by atoms with Crippen molar-refractivity contribution in [3.63, 3.8) is 0 Å². The van der Waals surface area contributed by atoms with E-state index in [9.17, 15) is 9.90 Å². The number of morpholine rings is 1. The van der Waals surface area contributed by atoms with Crippen LogP contribution in [0.1, 0.15) is 50.2 Å². The maximum Gasteiger partial charge on any atom is 0.228 e. The Balaban J connectivity index is 1.35. The molecule has 5 fully saturated rings. The number of hydrogen-bond acceptors (Lipinski definition) is 3. The van der Waals surface area contributed by atoms with Crippen LogP contribution >= 0.6 is 0 Å². The van der Waals surface area contributed by atoms with Crippen LogP contribution in [-0.4, -0.2) is 35.6 Å². The zero-order valence-corrected chi connectivity index (χ0v) is 14.7. The number of rotatable bonds is 2. The maximum absolute atomic E-state index is 13.5. The van der Waals surface area contributed by atoms with Crippen molar-refractivity contribution in [3.05, 3.63) is 29.8 Å². The number of benzene rings is 1. The fourth-order valence-electron chi connectivity index (χ4n) is 6.47. The zero-order valence-electron chi connectivity index (χ0n) is 14.7. The van der Waals surface area contributed by atoms with Crippen molar-refractivity contribution < 1.29 is 14.6 Å². The summed E-state index contributed by atoms with van der Waals surface area (Å²) in [5, 5.41) is 9.74. The lowest BCUT2D eigenvalue weighted by atomic mass is 9.49. The van der Waals surface area contributed by atoms with Gasteiger partial charge in [-0.05, 0) is 74.0 Å². The van der Waals surface area contributed by atoms with Gasteiger partial charge in [-0.3, -0.25) is 4.79 Å². The van der Waals surface area contributed by atoms with Crippen molar-refractivity contribution in [3.8, 4) is 5.75 Å². The first-order valence-electron chi connectivity index (χ1n) is 9.81. The summed E-state index contributed by atoms with van der Waals surface area (Å²) in [6.45, 7) is 1.90. The van der Waals surface area contributed by atoms with Gasteiger partial charge in [0, 0.05) is 6.54 Å². The van der Waals surface area contributed by atoms with Crippen molar-refractivity contribution in [2.45, 2.75) is 44.6 Å². The van der Waals surface area contributed by atoms with E-state index in [0.29, 0.717) is 25.6 Å². The maximum atomic E-state index is 13.5. The number of nitrogens with zero attached hydrogens (tertiary/aromatic N) is 1. The Morgan fingerprint density at radius 1 is 1.12 bits per heavy atom. The highest BCUT2D eigenvalue weighted by molar-refractivity contribution is 5.83. The molecule has 1 heterocycles. The van der Waals surface area contributed by atoms with E-state index >= 15 is 0 Å². The van der Waals surface area contributed by atoms with E-state index in [2.05, 4.69) is 4.90 Å². The van der Waals surface area contributed by atoms with Gasteiger partial charge in [0.1, 0.15) is 11.9 Å². The fraction of sp³-hybridized carbons (Fsp3) is 0.667. The van der Waals surface area contributed by atoms with E-state index in [1.165, 1.54) is 19.3 Å². The molecule has 0 radical (unpaired) electrons. The van der Waals surface area contributed by atoms with Crippen LogP contribution in [0.25, 0.3) is 0 Å². The van der Waals surface area contributed by atoms with Gasteiger partial charge >= 0.3 is 0 Å². The van der Waals surface area contributed by atoms with Crippen LogP contribution in [0.2, 0.25) is 0 Å². The fourth-order valence-corrected chi connectivity index (χ4v) is 6.47. The Labute approximate surface area is 149 Å². The molecule has 1 atom stereocenters. The quantitative estimate of drug-likeness (QED) is 0.895. The summed E-state index contributed by atoms with van der Waals surface area (Å²) in [6, 6.07) is 7.24. The molecule has 1 N–H and O–H groups in total. The molecule has 0 aromatic heterocycles. The molecule has 1 saturated heterocycles. The van der Waals surface area contributed by atoms with Gasteiger partial charge in [0.15, 0.2) is 0 Å². The molecule has 6 rings (SSSR count). The van der Waals surface area contributed by atoms with Crippen molar-refractivity contribution in [1.29, 1.82) is 0 Å². The van der Waals surface area contributed by atoms with Gasteiger partial charge in [-0.1, -0.05) is 12.1 Å². The van der Waals surface area contributed by atoms with Crippen LogP contribution in [-0.2, 0) is 9.53 Å². The molecular formula is C21H27NO3. The van der Waals surface area contributed by atoms with E-state index in [-0.39, 0.29) is 17.3 Å². The first-order valence-corrected chi connectivity index (χ1v) is 9.81. The second-order valence-corrected chi connectivity index (χ2v) is 8.90. The number of carbonyl (C=O) groups is 1. The van der Waals surface area contributed by atoms with Crippen LogP contribution < -0.4 is 0 Å². The van der Waals surface area contributed by atoms with Crippen molar-refractivity contribution in [1.82, 2.24) is 4.90 Å². The standard InChI is InChI=1S/C21H27NO3/c23-18-3-1-2-17(9-18)19-13-22(4-5-25-19)20(24)21-10-14-6-15(11-21)8-16(7-14)12-21/h1-3,9,14-16,19,23H,4-8,10-13H2/t14?,15?,16?,19-,21?/m1/s1. The lowest BCUT2D eigenvalue weighted by Crippen LogP contribution is -2.56. The molecular weight excluding hydrogens is 314 g/mol. The molecule has 0 unspecified atom stereocenters. The highest BCUT2D eigenvalue weighted by Crippen LogP contribution is 2.60. The van der Waals surface area contributed by atoms with E-state index in [4.69, 9.17) is 4.74 Å². The number of amides is 1. The lowest BCUT2D eigenvalue weighted by molar-refractivity contribution is -0.164. The molecule has 4 aliphatic carbocycles. The Kier molecular flexibility index (Phi) is 3.60. The predicted molar refractivity (Wildman–Crippen MR) is 94.0 cm³/mol. The van der Waals surface area contributed by atoms with E-state index in [1.807, 2.05) is 12.1 Å². The van der Waals surface area contributed by atoms with Crippen molar-refractivity contribution in [2.75, 3.05) is 19.7 Å². The van der Waals surface area contributed by atoms with Crippen LogP contribution in [0, 0.1) is 23.2 Å². The number of ether oxygens (including phenoxy) is 1. The Morgan fingerprint density at radius 2 is 1.80 bits per heavy atom. The van der Waals surface area contributed by atoms with Crippen LogP contribution in [0.15, 0.2) is 24.3 Å². The summed E-state index contributed by atoms with van der Waals surface area (Å²) in [4.78, 5) is 15.6. The minimum absolute atomic E-state index is 0.0739. The molecule has 0 spiro atoms. The third kappa shape index (κ3) is 2.66. The third-order valence-corrected chi connectivity index (χ3v) is 7.09. The van der Waals surface area contributed by atoms with Crippen LogP contribution in [0.3, 0.4) is 0 Å². The second-order valence-electron chi connectivity index (χ2n) is 8.90. The molecule has 1 amide bonds. The summed E-state index contributed by atoms with van der Waals surface area (Å²) in [6.07, 6.45) is 7.31. The van der Waals surface area contributed by atoms with Gasteiger partial charge in [0.05, 0.1) is 18.6 Å². The lowest BCUT2D eigenvalue weighted by Gasteiger charge is -2.57. The molecule has 4 heteroatoms. The average molecular weight is 341 g/mol. The summed E-state index contributed by atoms with van der Waals surface area (Å²) in [7, 11) is 0. The summed E-state index contributed by atoms with van der Waals surface area (Å²) in [5.74, 6) is 3.01. The van der Waals surface area contributed by atoms with Gasteiger partial charge in [-0.15, -0.1) is 0 Å². The van der Waals surface area contributed by atoms with Gasteiger partial charge in [-0.25, -0.2) is 0 Å². The predicted octanol–water partition coefficient (Wildman–Crippen LogP) is 3.51. The number of phenols is 1. The number of hydrogen-bond donors (Lipinski definition) is 1. The monoisotopic (exact) mass is 341 g/mol. The molecule has 4 bridgehead atoms. The minimum atomic E-state index is -0.126. The summed E-state index contributed by atoms with van der Waals surface area (Å²) >= 11 is 0. The second kappa shape index (κ2) is 5.73. The SMILES string of the molecule is O=C(N1CCO[C@@H](c2cccc(O)c2)C1)C12CC3CC(CC(C3)C1)C2. The summed E-state index contributed by atoms with van der Waals surface area (Å²) in [5.41, 5.74) is 0.887. The third-order valence-electron chi connectivity index (χ3n) is 7.09. The Hall–Kier alpha value is -1.55. The number of phenolic OH excluding ortho intramolecular Hbond substituents is 1. The first kappa shape index (κ1) is 15.7. The van der Waals surface area contributed by atoms with Crippen LogP contribution in [0.4, 0.5) is 0 Å². The Bertz CT molecular complexity index is 650. The molecule has 4 saturated carbocycles. The van der Waals surface area contributed by atoms with E-state index < -0.39 is 0 Å². The molecule has 5 aliphatic rings. The van der Waals surface area contributed by atoms with Gasteiger partial charge in [-0.2, -0.15) is 0 Å². The molecule has 1 aliphatic heterocycles. The van der Waals surface area contributed by atoms with E-state index in [1.54, 1.807) is 12.1 Å². The number of carbonyl (C=O) groups excluding carboxylic acids is 1. The molecule has 1 aromatic carbocycles. The number of aromatic hydroxyl groups is 1. The smallest absolute Gasteiger partial charge is 0.228 e. The largest absolute Gasteiger partial charge is 0.508 e. The average Bonchev–Trinajstić information content (AvgIpc) is 2.60. The van der Waals surface area contributed by atoms with E-state index in [0.717, 1.165) is 42.6 Å². The highest BCUT2D eigenvalue weighted by Gasteiger charge is 2.55. The topological polar surface area (TPSA) is 49.8 Å². The molecule has 134 valence electrons. The normalized spacial score (nSPS) is 39.6. The first-order chi connectivity index (χ1) is 12.1. The van der Waals surface area contributed by atoms with Crippen molar-refractivity contribution in [2.24, 2.45) is 23.2 Å². The molecule has 4 nitrogen and oxygen atoms in total. The molecule has 25 heavy (non-hydrogen) atoms. The van der Waals surface area contributed by atoms with Crippen LogP contribution in [0.5, 0.6) is 5.75 Å². The highest BCUT2D eigenvalue weighted by atomic mass is 16.5. The summed E-state index contributed by atoms with van der Waals surface area (Å²) < 4.78 is 5.91. The zero-order chi connectivity index (χ0) is 17.0. The Morgan fingerprint density at radius 3 is 2.44 bits per heavy atom. The van der Waals surface area contributed by atoms with Gasteiger partial charge < -0.3 is 14.7 Å². The van der Waals surface area contributed by atoms with Crippen molar-refractivity contribution >= 4 is 5.91 Å². The minimum Gasteiger partial charge on any atom is -0.508 e. The van der Waals surface area contributed by atoms with Gasteiger partial charge in [0.25, 0.3) is 0 Å².